The molecule has 0 aromatic heterocycles. The van der Waals surface area contributed by atoms with Gasteiger partial charge in [0.25, 0.3) is 0 Å². The third-order valence-electron chi connectivity index (χ3n) is 6.10. The van der Waals surface area contributed by atoms with E-state index in [2.05, 4.69) is 31.2 Å². The zero-order chi connectivity index (χ0) is 18.7. The first-order chi connectivity index (χ1) is 12.5. The van der Waals surface area contributed by atoms with Crippen molar-refractivity contribution in [3.05, 3.63) is 35.4 Å². The van der Waals surface area contributed by atoms with E-state index in [1.54, 1.807) is 11.9 Å². The molecule has 1 aliphatic heterocycles. The molecule has 3 atom stereocenters. The van der Waals surface area contributed by atoms with Gasteiger partial charge in [-0.05, 0) is 42.7 Å². The van der Waals surface area contributed by atoms with Crippen molar-refractivity contribution in [1.82, 2.24) is 9.80 Å². The Morgan fingerprint density at radius 3 is 2.46 bits per heavy atom. The first-order valence-electron chi connectivity index (χ1n) is 9.80. The normalized spacial score (nSPS) is 25.7. The Hall–Kier alpha value is -1.88. The number of amides is 1. The van der Waals surface area contributed by atoms with E-state index in [0.29, 0.717) is 18.9 Å². The third kappa shape index (κ3) is 4.09. The summed E-state index contributed by atoms with van der Waals surface area (Å²) in [5, 5.41) is 9.60. The highest BCUT2D eigenvalue weighted by Crippen LogP contribution is 2.39. The van der Waals surface area contributed by atoms with Crippen LogP contribution in [-0.2, 0) is 22.6 Å². The van der Waals surface area contributed by atoms with Crippen LogP contribution in [0.25, 0.3) is 0 Å². The fraction of sp³-hybridized carbons (Fsp3) is 0.619. The minimum absolute atomic E-state index is 0.00189. The van der Waals surface area contributed by atoms with Gasteiger partial charge in [0, 0.05) is 19.6 Å². The number of benzene rings is 1. The van der Waals surface area contributed by atoms with Gasteiger partial charge in [-0.3, -0.25) is 14.5 Å². The van der Waals surface area contributed by atoms with Crippen LogP contribution in [-0.4, -0.2) is 52.5 Å². The van der Waals surface area contributed by atoms with Crippen LogP contribution in [0.5, 0.6) is 0 Å². The van der Waals surface area contributed by atoms with Crippen LogP contribution < -0.4 is 0 Å². The second-order valence-corrected chi connectivity index (χ2v) is 7.79. The summed E-state index contributed by atoms with van der Waals surface area (Å²) in [6.07, 6.45) is 6.13. The van der Waals surface area contributed by atoms with Gasteiger partial charge < -0.3 is 10.0 Å². The number of hydrogen-bond acceptors (Lipinski definition) is 3. The maximum Gasteiger partial charge on any atom is 0.320 e. The molecule has 1 aromatic carbocycles. The highest BCUT2D eigenvalue weighted by atomic mass is 16.4. The molecule has 1 heterocycles. The topological polar surface area (TPSA) is 60.9 Å². The molecule has 5 nitrogen and oxygen atoms in total. The van der Waals surface area contributed by atoms with E-state index in [4.69, 9.17) is 0 Å². The molecule has 26 heavy (non-hydrogen) atoms. The van der Waals surface area contributed by atoms with Crippen molar-refractivity contribution in [2.75, 3.05) is 13.6 Å². The number of aliphatic carboxylic acids is 1. The summed E-state index contributed by atoms with van der Waals surface area (Å²) in [4.78, 5) is 28.1. The summed E-state index contributed by atoms with van der Waals surface area (Å²) < 4.78 is 0. The third-order valence-corrected chi connectivity index (χ3v) is 6.10. The lowest BCUT2D eigenvalue weighted by Crippen LogP contribution is -2.47. The molecule has 2 fully saturated rings. The highest BCUT2D eigenvalue weighted by molar-refractivity contribution is 5.80. The minimum Gasteiger partial charge on any atom is -0.480 e. The first kappa shape index (κ1) is 18.9. The van der Waals surface area contributed by atoms with Gasteiger partial charge in [0.05, 0.1) is 6.54 Å². The van der Waals surface area contributed by atoms with E-state index in [0.717, 1.165) is 31.2 Å². The Labute approximate surface area is 156 Å². The number of carboxylic acids is 1. The van der Waals surface area contributed by atoms with Crippen molar-refractivity contribution in [3.8, 4) is 0 Å². The zero-order valence-electron chi connectivity index (χ0n) is 15.9. The van der Waals surface area contributed by atoms with E-state index in [-0.39, 0.29) is 18.5 Å². The molecule has 1 aliphatic carbocycles. The molecular weight excluding hydrogens is 328 g/mol. The van der Waals surface area contributed by atoms with Crippen LogP contribution >= 0.6 is 0 Å². The minimum atomic E-state index is -0.787. The van der Waals surface area contributed by atoms with Crippen molar-refractivity contribution < 1.29 is 14.7 Å². The van der Waals surface area contributed by atoms with Crippen molar-refractivity contribution in [3.63, 3.8) is 0 Å². The van der Waals surface area contributed by atoms with Gasteiger partial charge in [-0.15, -0.1) is 0 Å². The van der Waals surface area contributed by atoms with Crippen LogP contribution in [0, 0.1) is 5.92 Å². The molecule has 1 saturated heterocycles. The van der Waals surface area contributed by atoms with Gasteiger partial charge >= 0.3 is 5.97 Å². The molecule has 1 aromatic rings. The molecule has 3 rings (SSSR count). The Bertz CT molecular complexity index is 643. The molecule has 0 radical (unpaired) electrons. The summed E-state index contributed by atoms with van der Waals surface area (Å²) in [7, 11) is 1.81. The van der Waals surface area contributed by atoms with Crippen molar-refractivity contribution >= 4 is 11.9 Å². The number of aryl methyl sites for hydroxylation is 1. The van der Waals surface area contributed by atoms with Crippen molar-refractivity contribution in [2.45, 2.75) is 64.1 Å². The Morgan fingerprint density at radius 1 is 1.15 bits per heavy atom. The van der Waals surface area contributed by atoms with E-state index >= 15 is 0 Å². The standard InChI is InChI=1S/C21H30N2O3/c1-3-15-8-10-16(11-9-15)13-22(2)20(24)14-23-18-7-5-4-6-17(18)12-19(23)21(25)26/h8-11,17-19H,3-7,12-14H2,1-2H3,(H,25,26). The maximum atomic E-state index is 12.8. The van der Waals surface area contributed by atoms with Gasteiger partial charge in [-0.25, -0.2) is 0 Å². The highest BCUT2D eigenvalue weighted by Gasteiger charge is 2.45. The number of carboxylic acid groups (broad SMARTS) is 1. The number of likely N-dealkylation sites (N-methyl/N-ethyl adjacent to an activating group) is 1. The van der Waals surface area contributed by atoms with E-state index in [1.807, 2.05) is 4.90 Å². The molecule has 2 aliphatic rings. The number of carbonyl (C=O) groups is 2. The molecule has 142 valence electrons. The van der Waals surface area contributed by atoms with E-state index < -0.39 is 12.0 Å². The van der Waals surface area contributed by atoms with Gasteiger partial charge in [0.2, 0.25) is 5.91 Å². The summed E-state index contributed by atoms with van der Waals surface area (Å²) in [6, 6.07) is 8.07. The average Bonchev–Trinajstić information content (AvgIpc) is 3.01. The molecule has 5 heteroatoms. The molecule has 3 unspecified atom stereocenters. The van der Waals surface area contributed by atoms with E-state index in [1.165, 1.54) is 12.0 Å². The predicted molar refractivity (Wildman–Crippen MR) is 101 cm³/mol. The Morgan fingerprint density at radius 2 is 1.81 bits per heavy atom. The fourth-order valence-electron chi connectivity index (χ4n) is 4.54. The smallest absolute Gasteiger partial charge is 0.320 e. The maximum absolute atomic E-state index is 12.8. The van der Waals surface area contributed by atoms with Crippen LogP contribution in [0.15, 0.2) is 24.3 Å². The molecule has 1 amide bonds. The van der Waals surface area contributed by atoms with E-state index in [9.17, 15) is 14.7 Å². The summed E-state index contributed by atoms with van der Waals surface area (Å²) in [6.45, 7) is 2.89. The second kappa shape index (κ2) is 8.21. The zero-order valence-corrected chi connectivity index (χ0v) is 15.9. The van der Waals surface area contributed by atoms with Crippen molar-refractivity contribution in [2.24, 2.45) is 5.92 Å². The SMILES string of the molecule is CCc1ccc(CN(C)C(=O)CN2C(C(=O)O)CC3CCCCC32)cc1. The number of rotatable bonds is 6. The Kier molecular flexibility index (Phi) is 5.97. The number of likely N-dealkylation sites (tertiary alicyclic amines) is 1. The summed E-state index contributed by atoms with van der Waals surface area (Å²) in [5.41, 5.74) is 2.39. The quantitative estimate of drug-likeness (QED) is 0.849. The van der Waals surface area contributed by atoms with Crippen LogP contribution in [0.3, 0.4) is 0 Å². The number of carbonyl (C=O) groups excluding carboxylic acids is 1. The fourth-order valence-corrected chi connectivity index (χ4v) is 4.54. The molecule has 0 bridgehead atoms. The van der Waals surface area contributed by atoms with Gasteiger partial charge in [-0.2, -0.15) is 0 Å². The summed E-state index contributed by atoms with van der Waals surface area (Å²) >= 11 is 0. The van der Waals surface area contributed by atoms with Crippen LogP contribution in [0.2, 0.25) is 0 Å². The predicted octanol–water partition coefficient (Wildman–Crippen LogP) is 2.93. The van der Waals surface area contributed by atoms with Gasteiger partial charge in [0.1, 0.15) is 6.04 Å². The lowest BCUT2D eigenvalue weighted by atomic mass is 9.85. The lowest BCUT2D eigenvalue weighted by molar-refractivity contribution is -0.144. The largest absolute Gasteiger partial charge is 0.480 e. The summed E-state index contributed by atoms with van der Waals surface area (Å²) in [5.74, 6) is -0.350. The number of fused-ring (bicyclic) bond motifs is 1. The van der Waals surface area contributed by atoms with Crippen molar-refractivity contribution in [1.29, 1.82) is 0 Å². The molecular formula is C21H30N2O3. The second-order valence-electron chi connectivity index (χ2n) is 7.79. The lowest BCUT2D eigenvalue weighted by Gasteiger charge is -2.33. The number of hydrogen-bond donors (Lipinski definition) is 1. The molecule has 1 saturated carbocycles. The molecule has 1 N–H and O–H groups in total. The number of nitrogens with zero attached hydrogens (tertiary/aromatic N) is 2. The van der Waals surface area contributed by atoms with Gasteiger partial charge in [-0.1, -0.05) is 44.0 Å². The molecule has 0 spiro atoms. The van der Waals surface area contributed by atoms with Crippen LogP contribution in [0.1, 0.15) is 50.2 Å². The monoisotopic (exact) mass is 358 g/mol. The Balaban J connectivity index is 1.63. The average molecular weight is 358 g/mol. The van der Waals surface area contributed by atoms with Crippen LogP contribution in [0.4, 0.5) is 0 Å². The van der Waals surface area contributed by atoms with Gasteiger partial charge in [0.15, 0.2) is 0 Å². The first-order valence-corrected chi connectivity index (χ1v) is 9.80.